The van der Waals surface area contributed by atoms with Gasteiger partial charge >= 0.3 is 6.18 Å². The Hall–Kier alpha value is -4.69. The number of rotatable bonds is 7. The Labute approximate surface area is 235 Å². The van der Waals surface area contributed by atoms with Crippen LogP contribution in [-0.2, 0) is 17.5 Å². The molecule has 1 N–H and O–H groups in total. The van der Waals surface area contributed by atoms with Crippen LogP contribution in [0.15, 0.2) is 72.8 Å². The summed E-state index contributed by atoms with van der Waals surface area (Å²) in [6, 6.07) is 22.2. The fourth-order valence-electron chi connectivity index (χ4n) is 4.94. The molecule has 0 aliphatic carbocycles. The highest BCUT2D eigenvalue weighted by Crippen LogP contribution is 2.35. The number of likely N-dealkylation sites (tertiary alicyclic amines) is 1. The minimum absolute atomic E-state index is 0.0650. The molecule has 0 spiro atoms. The van der Waals surface area contributed by atoms with Gasteiger partial charge in [0.2, 0.25) is 11.8 Å². The van der Waals surface area contributed by atoms with Gasteiger partial charge in [0.25, 0.3) is 0 Å². The second-order valence-corrected chi connectivity index (χ2v) is 9.81. The monoisotopic (exact) mass is 560 g/mol. The first kappa shape index (κ1) is 27.9. The summed E-state index contributed by atoms with van der Waals surface area (Å²) in [5, 5.41) is 17.7. The Bertz CT molecular complexity index is 1560. The molecule has 2 aromatic heterocycles. The Morgan fingerprint density at radius 3 is 2.54 bits per heavy atom. The second kappa shape index (κ2) is 11.8. The first-order valence-corrected chi connectivity index (χ1v) is 13.1. The number of nitrogens with zero attached hydrogens (tertiary/aromatic N) is 5. The summed E-state index contributed by atoms with van der Waals surface area (Å²) in [7, 11) is 0. The molecule has 0 saturated carbocycles. The van der Waals surface area contributed by atoms with E-state index in [1.165, 1.54) is 24.6 Å². The topological polar surface area (TPSA) is 96.1 Å². The van der Waals surface area contributed by atoms with Crippen molar-refractivity contribution in [1.82, 2.24) is 19.7 Å². The molecule has 0 unspecified atom stereocenters. The largest absolute Gasteiger partial charge is 0.439 e. The summed E-state index contributed by atoms with van der Waals surface area (Å²) in [5.41, 5.74) is 1.37. The van der Waals surface area contributed by atoms with Gasteiger partial charge in [-0.1, -0.05) is 36.4 Å². The number of halogens is 3. The Kier molecular flexibility index (Phi) is 8.03. The van der Waals surface area contributed by atoms with Gasteiger partial charge in [0, 0.05) is 31.6 Å². The standard InChI is InChI=1S/C30H27F3N6O2/c1-20(40)35-29-25(17-34)28(37-39(29)23-9-6-16-38(19-23)18-21-7-3-2-4-8-21)22-12-14-24(15-13-22)41-27-11-5-10-26(36-27)30(31,32)33/h2-5,7-8,10-15,23H,6,9,16,18-19H2,1H3,(H,35,40)/t23-/m1/s1. The third kappa shape index (κ3) is 6.56. The average Bonchev–Trinajstić information content (AvgIpc) is 3.31. The molecule has 1 aliphatic heterocycles. The maximum atomic E-state index is 13.0. The molecule has 1 amide bonds. The van der Waals surface area contributed by atoms with Crippen molar-refractivity contribution < 1.29 is 22.7 Å². The Morgan fingerprint density at radius 1 is 1.10 bits per heavy atom. The van der Waals surface area contributed by atoms with E-state index in [1.807, 2.05) is 18.2 Å². The number of ether oxygens (including phenoxy) is 1. The van der Waals surface area contributed by atoms with Gasteiger partial charge in [-0.25, -0.2) is 9.67 Å². The number of amides is 1. The van der Waals surface area contributed by atoms with E-state index in [1.54, 1.807) is 28.9 Å². The van der Waals surface area contributed by atoms with Crippen LogP contribution in [0.25, 0.3) is 11.3 Å². The SMILES string of the molecule is CC(=O)Nc1c(C#N)c(-c2ccc(Oc3cccc(C(F)(F)F)n3)cc2)nn1[C@@H]1CCCN(Cc2ccccc2)C1. The van der Waals surface area contributed by atoms with E-state index in [0.717, 1.165) is 32.0 Å². The number of hydrogen-bond donors (Lipinski definition) is 1. The lowest BCUT2D eigenvalue weighted by Gasteiger charge is -2.33. The number of aromatic nitrogens is 3. The van der Waals surface area contributed by atoms with E-state index in [9.17, 15) is 23.2 Å². The molecule has 4 aromatic rings. The lowest BCUT2D eigenvalue weighted by molar-refractivity contribution is -0.141. The number of carbonyl (C=O) groups excluding carboxylic acids is 1. The van der Waals surface area contributed by atoms with Crippen LogP contribution >= 0.6 is 0 Å². The summed E-state index contributed by atoms with van der Waals surface area (Å²) in [6.45, 7) is 3.80. The predicted octanol–water partition coefficient (Wildman–Crippen LogP) is 6.42. The van der Waals surface area contributed by atoms with Crippen LogP contribution in [0.3, 0.4) is 0 Å². The second-order valence-electron chi connectivity index (χ2n) is 9.81. The first-order chi connectivity index (χ1) is 19.7. The number of anilines is 1. The maximum Gasteiger partial charge on any atom is 0.433 e. The fraction of sp³-hybridized carbons (Fsp3) is 0.267. The van der Waals surface area contributed by atoms with Crippen molar-refractivity contribution in [2.24, 2.45) is 0 Å². The van der Waals surface area contributed by atoms with Crippen LogP contribution in [0.4, 0.5) is 19.0 Å². The van der Waals surface area contributed by atoms with Crippen molar-refractivity contribution in [2.45, 2.75) is 38.5 Å². The zero-order chi connectivity index (χ0) is 29.0. The molecule has 8 nitrogen and oxygen atoms in total. The van der Waals surface area contributed by atoms with Crippen LogP contribution in [0.5, 0.6) is 11.6 Å². The maximum absolute atomic E-state index is 13.0. The molecule has 1 saturated heterocycles. The Morgan fingerprint density at radius 2 is 1.85 bits per heavy atom. The van der Waals surface area contributed by atoms with Crippen molar-refractivity contribution in [3.63, 3.8) is 0 Å². The van der Waals surface area contributed by atoms with Gasteiger partial charge in [0.1, 0.15) is 34.6 Å². The van der Waals surface area contributed by atoms with Gasteiger partial charge in [-0.2, -0.15) is 23.5 Å². The van der Waals surface area contributed by atoms with Crippen LogP contribution in [0.1, 0.15) is 42.6 Å². The predicted molar refractivity (Wildman–Crippen MR) is 146 cm³/mol. The van der Waals surface area contributed by atoms with Gasteiger partial charge in [0.05, 0.1) is 6.04 Å². The van der Waals surface area contributed by atoms with Gasteiger partial charge in [0.15, 0.2) is 0 Å². The lowest BCUT2D eigenvalue weighted by atomic mass is 10.0. The molecule has 1 aliphatic rings. The number of pyridine rings is 1. The summed E-state index contributed by atoms with van der Waals surface area (Å²) < 4.78 is 46.3. The highest BCUT2D eigenvalue weighted by Gasteiger charge is 2.33. The van der Waals surface area contributed by atoms with Crippen molar-refractivity contribution >= 4 is 11.7 Å². The van der Waals surface area contributed by atoms with Gasteiger partial charge in [-0.15, -0.1) is 0 Å². The molecular formula is C30H27F3N6O2. The number of hydrogen-bond acceptors (Lipinski definition) is 6. The quantitative estimate of drug-likeness (QED) is 0.280. The summed E-state index contributed by atoms with van der Waals surface area (Å²) in [6.07, 6.45) is -2.82. The highest BCUT2D eigenvalue weighted by atomic mass is 19.4. The van der Waals surface area contributed by atoms with E-state index < -0.39 is 11.9 Å². The third-order valence-corrected chi connectivity index (χ3v) is 6.76. The molecular weight excluding hydrogens is 533 g/mol. The van der Waals surface area contributed by atoms with E-state index in [2.05, 4.69) is 33.4 Å². The van der Waals surface area contributed by atoms with Crippen LogP contribution in [0, 0.1) is 11.3 Å². The van der Waals surface area contributed by atoms with E-state index in [-0.39, 0.29) is 29.1 Å². The molecule has 1 fully saturated rings. The van der Waals surface area contributed by atoms with Gasteiger partial charge < -0.3 is 10.1 Å². The first-order valence-electron chi connectivity index (χ1n) is 13.1. The summed E-state index contributed by atoms with van der Waals surface area (Å²) in [5.74, 6) is 0.0999. The molecule has 210 valence electrons. The molecule has 0 radical (unpaired) electrons. The minimum Gasteiger partial charge on any atom is -0.439 e. The van der Waals surface area contributed by atoms with Crippen molar-refractivity contribution in [3.8, 4) is 29.0 Å². The Balaban J connectivity index is 1.41. The normalized spacial score (nSPS) is 15.7. The van der Waals surface area contributed by atoms with Crippen LogP contribution in [0.2, 0.25) is 0 Å². The molecule has 41 heavy (non-hydrogen) atoms. The number of nitrogens with one attached hydrogen (secondary N) is 1. The van der Waals surface area contributed by atoms with Crippen molar-refractivity contribution in [3.05, 3.63) is 89.6 Å². The molecule has 3 heterocycles. The third-order valence-electron chi connectivity index (χ3n) is 6.76. The smallest absolute Gasteiger partial charge is 0.433 e. The average molecular weight is 561 g/mol. The molecule has 2 aromatic carbocycles. The van der Waals surface area contributed by atoms with Crippen LogP contribution < -0.4 is 10.1 Å². The van der Waals surface area contributed by atoms with Gasteiger partial charge in [-0.05, 0) is 55.3 Å². The molecule has 0 bridgehead atoms. The lowest BCUT2D eigenvalue weighted by Crippen LogP contribution is -2.37. The zero-order valence-corrected chi connectivity index (χ0v) is 22.2. The van der Waals surface area contributed by atoms with Crippen molar-refractivity contribution in [1.29, 1.82) is 5.26 Å². The van der Waals surface area contributed by atoms with E-state index in [0.29, 0.717) is 23.6 Å². The number of nitriles is 1. The fourth-order valence-corrected chi connectivity index (χ4v) is 4.94. The number of benzene rings is 2. The van der Waals surface area contributed by atoms with Crippen molar-refractivity contribution in [2.75, 3.05) is 18.4 Å². The van der Waals surface area contributed by atoms with Crippen LogP contribution in [-0.4, -0.2) is 38.7 Å². The molecule has 1 atom stereocenters. The number of piperidine rings is 1. The molecule has 11 heteroatoms. The zero-order valence-electron chi connectivity index (χ0n) is 22.2. The highest BCUT2D eigenvalue weighted by molar-refractivity contribution is 5.91. The van der Waals surface area contributed by atoms with Gasteiger partial charge in [-0.3, -0.25) is 9.69 Å². The molecule has 5 rings (SSSR count). The van der Waals surface area contributed by atoms with E-state index >= 15 is 0 Å². The summed E-state index contributed by atoms with van der Waals surface area (Å²) in [4.78, 5) is 18.0. The van der Waals surface area contributed by atoms with E-state index in [4.69, 9.17) is 9.84 Å². The summed E-state index contributed by atoms with van der Waals surface area (Å²) >= 11 is 0. The minimum atomic E-state index is -4.59. The number of carbonyl (C=O) groups is 1. The number of alkyl halides is 3.